The van der Waals surface area contributed by atoms with E-state index >= 15 is 0 Å². The Hall–Kier alpha value is -1.47. The van der Waals surface area contributed by atoms with Crippen LogP contribution in [0.25, 0.3) is 0 Å². The molecule has 7 heteroatoms. The molecule has 0 aliphatic heterocycles. The number of benzene rings is 2. The smallest absolute Gasteiger partial charge is 0.322 e. The average Bonchev–Trinajstić information content (AvgIpc) is 2.40. The van der Waals surface area contributed by atoms with Crippen molar-refractivity contribution in [2.75, 3.05) is 5.32 Å². The molecule has 0 heterocycles. The Morgan fingerprint density at radius 3 is 2.10 bits per heavy atom. The lowest BCUT2D eigenvalue weighted by Gasteiger charge is -2.08. The summed E-state index contributed by atoms with van der Waals surface area (Å²) in [6.07, 6.45) is 0. The Balaban J connectivity index is 2.03. The lowest BCUT2D eigenvalue weighted by molar-refractivity contribution is -0.0328. The summed E-state index contributed by atoms with van der Waals surface area (Å²) in [4.78, 5) is 12.0. The number of thioether (sulfide) groups is 1. The average molecular weight is 376 g/mol. The topological polar surface area (TPSA) is 29.1 Å². The van der Waals surface area contributed by atoms with E-state index in [4.69, 9.17) is 0 Å². The monoisotopic (exact) mass is 375 g/mol. The zero-order valence-corrected chi connectivity index (χ0v) is 12.8. The van der Waals surface area contributed by atoms with Gasteiger partial charge in [-0.15, -0.1) is 0 Å². The molecule has 0 fully saturated rings. The van der Waals surface area contributed by atoms with Gasteiger partial charge in [-0.3, -0.25) is 4.79 Å². The Morgan fingerprint density at radius 2 is 1.57 bits per heavy atom. The molecular formula is C14H9BrF3NOS. The van der Waals surface area contributed by atoms with E-state index in [1.165, 1.54) is 24.3 Å². The van der Waals surface area contributed by atoms with Crippen LogP contribution in [0.1, 0.15) is 10.4 Å². The molecule has 2 aromatic rings. The highest BCUT2D eigenvalue weighted by Gasteiger charge is 2.29. The molecule has 0 saturated heterocycles. The van der Waals surface area contributed by atoms with E-state index < -0.39 is 5.51 Å². The lowest BCUT2D eigenvalue weighted by Crippen LogP contribution is -2.11. The molecule has 1 amide bonds. The number of amides is 1. The van der Waals surface area contributed by atoms with E-state index in [1.807, 2.05) is 0 Å². The molecule has 0 aromatic heterocycles. The fourth-order valence-corrected chi connectivity index (χ4v) is 2.35. The van der Waals surface area contributed by atoms with Crippen LogP contribution in [0.2, 0.25) is 0 Å². The van der Waals surface area contributed by atoms with Crippen molar-refractivity contribution in [3.8, 4) is 0 Å². The zero-order valence-electron chi connectivity index (χ0n) is 10.4. The van der Waals surface area contributed by atoms with Crippen LogP contribution in [-0.2, 0) is 0 Å². The first-order chi connectivity index (χ1) is 9.83. The van der Waals surface area contributed by atoms with Crippen LogP contribution in [0.4, 0.5) is 18.9 Å². The maximum Gasteiger partial charge on any atom is 0.446 e. The van der Waals surface area contributed by atoms with Crippen molar-refractivity contribution in [3.05, 3.63) is 58.6 Å². The van der Waals surface area contributed by atoms with Gasteiger partial charge in [0, 0.05) is 20.6 Å². The van der Waals surface area contributed by atoms with E-state index in [2.05, 4.69) is 21.2 Å². The van der Waals surface area contributed by atoms with E-state index in [-0.39, 0.29) is 22.6 Å². The van der Waals surface area contributed by atoms with Gasteiger partial charge in [-0.05, 0) is 60.3 Å². The molecule has 0 saturated carbocycles. The molecule has 21 heavy (non-hydrogen) atoms. The van der Waals surface area contributed by atoms with E-state index in [1.54, 1.807) is 24.3 Å². The SMILES string of the molecule is O=C(Nc1ccc(SC(F)(F)F)cc1)c1ccc(Br)cc1. The van der Waals surface area contributed by atoms with Crippen LogP contribution >= 0.6 is 27.7 Å². The maximum absolute atomic E-state index is 12.2. The van der Waals surface area contributed by atoms with Crippen molar-refractivity contribution in [3.63, 3.8) is 0 Å². The quantitative estimate of drug-likeness (QED) is 0.736. The van der Waals surface area contributed by atoms with Gasteiger partial charge in [-0.25, -0.2) is 0 Å². The lowest BCUT2D eigenvalue weighted by atomic mass is 10.2. The minimum Gasteiger partial charge on any atom is -0.322 e. The molecule has 0 spiro atoms. The van der Waals surface area contributed by atoms with Crippen LogP contribution in [-0.4, -0.2) is 11.4 Å². The summed E-state index contributed by atoms with van der Waals surface area (Å²) in [5, 5.41) is 2.62. The van der Waals surface area contributed by atoms with Gasteiger partial charge in [0.2, 0.25) is 0 Å². The van der Waals surface area contributed by atoms with Gasteiger partial charge < -0.3 is 5.32 Å². The summed E-state index contributed by atoms with van der Waals surface area (Å²) in [5.74, 6) is -0.321. The first-order valence-corrected chi connectivity index (χ1v) is 7.37. The Labute approximate surface area is 131 Å². The van der Waals surface area contributed by atoms with Gasteiger partial charge >= 0.3 is 5.51 Å². The number of alkyl halides is 3. The van der Waals surface area contributed by atoms with Crippen molar-refractivity contribution in [1.82, 2.24) is 0 Å². The number of halogens is 4. The summed E-state index contributed by atoms with van der Waals surface area (Å²) >= 11 is 3.08. The molecule has 0 bridgehead atoms. The fourth-order valence-electron chi connectivity index (χ4n) is 1.54. The van der Waals surface area contributed by atoms with E-state index in [9.17, 15) is 18.0 Å². The van der Waals surface area contributed by atoms with Gasteiger partial charge in [-0.1, -0.05) is 15.9 Å². The third kappa shape index (κ3) is 5.09. The largest absolute Gasteiger partial charge is 0.446 e. The summed E-state index contributed by atoms with van der Waals surface area (Å²) in [7, 11) is 0. The zero-order chi connectivity index (χ0) is 15.5. The van der Waals surface area contributed by atoms with E-state index in [0.717, 1.165) is 4.47 Å². The maximum atomic E-state index is 12.2. The Kier molecular flexibility index (Phi) is 4.95. The molecular weight excluding hydrogens is 367 g/mol. The first-order valence-electron chi connectivity index (χ1n) is 5.76. The predicted molar refractivity (Wildman–Crippen MR) is 80.4 cm³/mol. The molecule has 1 N–H and O–H groups in total. The second-order valence-corrected chi connectivity index (χ2v) is 6.09. The summed E-state index contributed by atoms with van der Waals surface area (Å²) in [5.41, 5.74) is -3.41. The second-order valence-electron chi connectivity index (χ2n) is 4.03. The molecule has 2 nitrogen and oxygen atoms in total. The third-order valence-corrected chi connectivity index (χ3v) is 3.72. The Morgan fingerprint density at radius 1 is 1.00 bits per heavy atom. The van der Waals surface area contributed by atoms with Crippen LogP contribution in [0.3, 0.4) is 0 Å². The van der Waals surface area contributed by atoms with Crippen LogP contribution < -0.4 is 5.32 Å². The van der Waals surface area contributed by atoms with Crippen molar-refractivity contribution in [2.24, 2.45) is 0 Å². The van der Waals surface area contributed by atoms with Gasteiger partial charge in [0.05, 0.1) is 0 Å². The van der Waals surface area contributed by atoms with Crippen LogP contribution in [0.15, 0.2) is 57.9 Å². The van der Waals surface area contributed by atoms with Crippen molar-refractivity contribution >= 4 is 39.3 Å². The first kappa shape index (κ1) is 15.9. The predicted octanol–water partition coefficient (Wildman–Crippen LogP) is 5.31. The number of rotatable bonds is 3. The number of anilines is 1. The number of hydrogen-bond donors (Lipinski definition) is 1. The molecule has 0 aliphatic rings. The number of hydrogen-bond acceptors (Lipinski definition) is 2. The van der Waals surface area contributed by atoms with Crippen LogP contribution in [0.5, 0.6) is 0 Å². The van der Waals surface area contributed by atoms with Crippen molar-refractivity contribution in [2.45, 2.75) is 10.4 Å². The second kappa shape index (κ2) is 6.53. The van der Waals surface area contributed by atoms with Gasteiger partial charge in [-0.2, -0.15) is 13.2 Å². The Bertz CT molecular complexity index is 626. The number of carbonyl (C=O) groups excluding carboxylic acids is 1. The standard InChI is InChI=1S/C14H9BrF3NOS/c15-10-3-1-9(2-4-10)13(20)19-11-5-7-12(8-6-11)21-14(16,17)18/h1-8H,(H,19,20). The summed E-state index contributed by atoms with van der Waals surface area (Å²) < 4.78 is 37.4. The highest BCUT2D eigenvalue weighted by Crippen LogP contribution is 2.37. The van der Waals surface area contributed by atoms with Gasteiger partial charge in [0.1, 0.15) is 0 Å². The van der Waals surface area contributed by atoms with Crippen molar-refractivity contribution < 1.29 is 18.0 Å². The molecule has 110 valence electrons. The molecule has 2 aromatic carbocycles. The van der Waals surface area contributed by atoms with Crippen LogP contribution in [0, 0.1) is 0 Å². The molecule has 0 unspecified atom stereocenters. The normalized spacial score (nSPS) is 11.2. The highest BCUT2D eigenvalue weighted by atomic mass is 79.9. The number of carbonyl (C=O) groups is 1. The van der Waals surface area contributed by atoms with E-state index in [0.29, 0.717) is 11.3 Å². The minimum atomic E-state index is -4.32. The molecule has 0 radical (unpaired) electrons. The molecule has 0 atom stereocenters. The summed E-state index contributed by atoms with van der Waals surface area (Å²) in [6.45, 7) is 0. The van der Waals surface area contributed by atoms with Crippen molar-refractivity contribution in [1.29, 1.82) is 0 Å². The molecule has 0 aliphatic carbocycles. The van der Waals surface area contributed by atoms with Gasteiger partial charge in [0.15, 0.2) is 0 Å². The van der Waals surface area contributed by atoms with Gasteiger partial charge in [0.25, 0.3) is 5.91 Å². The summed E-state index contributed by atoms with van der Waals surface area (Å²) in [6, 6.07) is 12.3. The fraction of sp³-hybridized carbons (Fsp3) is 0.0714. The number of nitrogens with one attached hydrogen (secondary N) is 1. The third-order valence-electron chi connectivity index (χ3n) is 2.45. The minimum absolute atomic E-state index is 0.0733. The highest BCUT2D eigenvalue weighted by molar-refractivity contribution is 9.10. The molecule has 2 rings (SSSR count).